The lowest BCUT2D eigenvalue weighted by Gasteiger charge is -2.26. The predicted molar refractivity (Wildman–Crippen MR) is 80.4 cm³/mol. The van der Waals surface area contributed by atoms with Gasteiger partial charge in [0, 0.05) is 42.0 Å². The molecule has 5 heteroatoms. The molecule has 20 heavy (non-hydrogen) atoms. The van der Waals surface area contributed by atoms with E-state index in [0.29, 0.717) is 5.02 Å². The SMILES string of the molecule is CC1CN(c2cccc(Cl)c2C=CC(=O)O)CCCO1. The van der Waals surface area contributed by atoms with Gasteiger partial charge < -0.3 is 14.7 Å². The van der Waals surface area contributed by atoms with Gasteiger partial charge in [0.05, 0.1) is 6.10 Å². The summed E-state index contributed by atoms with van der Waals surface area (Å²) in [7, 11) is 0. The number of ether oxygens (including phenoxy) is 1. The zero-order chi connectivity index (χ0) is 14.5. The second-order valence-corrected chi connectivity index (χ2v) is 5.23. The molecule has 1 atom stereocenters. The van der Waals surface area contributed by atoms with Gasteiger partial charge in [0.1, 0.15) is 0 Å². The minimum atomic E-state index is -0.983. The van der Waals surface area contributed by atoms with Crippen LogP contribution in [0.1, 0.15) is 18.9 Å². The molecule has 1 aromatic rings. The molecule has 0 radical (unpaired) electrons. The maximum atomic E-state index is 10.7. The zero-order valence-corrected chi connectivity index (χ0v) is 12.1. The molecule has 108 valence electrons. The Kier molecular flexibility index (Phi) is 5.04. The standard InChI is InChI=1S/C15H18ClNO3/c1-11-10-17(8-3-9-20-11)14-5-2-4-13(16)12(14)6-7-15(18)19/h2,4-7,11H,3,8-10H2,1H3,(H,18,19). The van der Waals surface area contributed by atoms with Crippen molar-refractivity contribution in [1.29, 1.82) is 0 Å². The second kappa shape index (κ2) is 6.77. The summed E-state index contributed by atoms with van der Waals surface area (Å²) in [6, 6.07) is 5.61. The summed E-state index contributed by atoms with van der Waals surface area (Å²) in [6.07, 6.45) is 3.76. The van der Waals surface area contributed by atoms with E-state index in [1.807, 2.05) is 19.1 Å². The monoisotopic (exact) mass is 295 g/mol. The smallest absolute Gasteiger partial charge is 0.328 e. The Morgan fingerprint density at radius 2 is 2.35 bits per heavy atom. The molecule has 0 bridgehead atoms. The third-order valence-corrected chi connectivity index (χ3v) is 3.54. The third-order valence-electron chi connectivity index (χ3n) is 3.22. The van der Waals surface area contributed by atoms with E-state index in [1.54, 1.807) is 12.1 Å². The molecule has 0 amide bonds. The van der Waals surface area contributed by atoms with Crippen LogP contribution in [0.3, 0.4) is 0 Å². The van der Waals surface area contributed by atoms with Gasteiger partial charge in [-0.1, -0.05) is 17.7 Å². The van der Waals surface area contributed by atoms with Gasteiger partial charge in [-0.2, -0.15) is 0 Å². The lowest BCUT2D eigenvalue weighted by Crippen LogP contribution is -2.30. The number of halogens is 1. The molecule has 1 aliphatic rings. The van der Waals surface area contributed by atoms with Crippen molar-refractivity contribution in [2.24, 2.45) is 0 Å². The molecular formula is C15H18ClNO3. The van der Waals surface area contributed by atoms with Gasteiger partial charge in [0.25, 0.3) is 0 Å². The first-order valence-electron chi connectivity index (χ1n) is 6.64. The van der Waals surface area contributed by atoms with E-state index >= 15 is 0 Å². The normalized spacial score (nSPS) is 20.1. The Morgan fingerprint density at radius 1 is 1.55 bits per heavy atom. The second-order valence-electron chi connectivity index (χ2n) is 4.83. The molecule has 4 nitrogen and oxygen atoms in total. The molecule has 1 unspecified atom stereocenters. The van der Waals surface area contributed by atoms with E-state index in [1.165, 1.54) is 0 Å². The highest BCUT2D eigenvalue weighted by Crippen LogP contribution is 2.30. The van der Waals surface area contributed by atoms with Crippen LogP contribution >= 0.6 is 11.6 Å². The number of nitrogens with zero attached hydrogens (tertiary/aromatic N) is 1. The maximum Gasteiger partial charge on any atom is 0.328 e. The van der Waals surface area contributed by atoms with Crippen LogP contribution in [0.15, 0.2) is 24.3 Å². The number of carboxylic acids is 1. The van der Waals surface area contributed by atoms with Crippen molar-refractivity contribution in [3.63, 3.8) is 0 Å². The summed E-state index contributed by atoms with van der Waals surface area (Å²) in [5, 5.41) is 9.34. The van der Waals surface area contributed by atoms with E-state index in [-0.39, 0.29) is 6.10 Å². The zero-order valence-electron chi connectivity index (χ0n) is 11.4. The van der Waals surface area contributed by atoms with Gasteiger partial charge in [-0.3, -0.25) is 0 Å². The average Bonchev–Trinajstić information content (AvgIpc) is 2.61. The Bertz CT molecular complexity index is 516. The molecule has 1 aromatic carbocycles. The highest BCUT2D eigenvalue weighted by Gasteiger charge is 2.18. The topological polar surface area (TPSA) is 49.8 Å². The Labute approximate surface area is 123 Å². The van der Waals surface area contributed by atoms with E-state index < -0.39 is 5.97 Å². The molecule has 0 saturated carbocycles. The lowest BCUT2D eigenvalue weighted by molar-refractivity contribution is -0.131. The van der Waals surface area contributed by atoms with Gasteiger partial charge in [-0.05, 0) is 31.6 Å². The summed E-state index contributed by atoms with van der Waals surface area (Å²) in [4.78, 5) is 12.9. The van der Waals surface area contributed by atoms with Crippen LogP contribution in [0.2, 0.25) is 5.02 Å². The van der Waals surface area contributed by atoms with Gasteiger partial charge in [0.2, 0.25) is 0 Å². The Hall–Kier alpha value is -1.52. The van der Waals surface area contributed by atoms with Crippen molar-refractivity contribution in [3.05, 3.63) is 34.9 Å². The number of carbonyl (C=O) groups is 1. The van der Waals surface area contributed by atoms with E-state index in [0.717, 1.165) is 43.4 Å². The van der Waals surface area contributed by atoms with Crippen molar-refractivity contribution < 1.29 is 14.6 Å². The van der Waals surface area contributed by atoms with Gasteiger partial charge in [0.15, 0.2) is 0 Å². The van der Waals surface area contributed by atoms with Crippen molar-refractivity contribution in [2.75, 3.05) is 24.6 Å². The Morgan fingerprint density at radius 3 is 3.10 bits per heavy atom. The van der Waals surface area contributed by atoms with Crippen LogP contribution in [0, 0.1) is 0 Å². The van der Waals surface area contributed by atoms with Gasteiger partial charge in [-0.25, -0.2) is 4.79 Å². The Balaban J connectivity index is 2.34. The molecule has 2 rings (SSSR count). The number of hydrogen-bond acceptors (Lipinski definition) is 3. The fraction of sp³-hybridized carbons (Fsp3) is 0.400. The van der Waals surface area contributed by atoms with Crippen LogP contribution in [0.5, 0.6) is 0 Å². The van der Waals surface area contributed by atoms with Crippen LogP contribution in [-0.2, 0) is 9.53 Å². The van der Waals surface area contributed by atoms with Gasteiger partial charge >= 0.3 is 5.97 Å². The predicted octanol–water partition coefficient (Wildman–Crippen LogP) is 3.05. The summed E-state index contributed by atoms with van der Waals surface area (Å²) in [5.41, 5.74) is 1.69. The van der Waals surface area contributed by atoms with Gasteiger partial charge in [-0.15, -0.1) is 0 Å². The fourth-order valence-electron chi connectivity index (χ4n) is 2.33. The molecular weight excluding hydrogens is 278 g/mol. The number of aliphatic carboxylic acids is 1. The van der Waals surface area contributed by atoms with Crippen molar-refractivity contribution >= 4 is 29.3 Å². The number of anilines is 1. The minimum Gasteiger partial charge on any atom is -0.478 e. The molecule has 0 spiro atoms. The van der Waals surface area contributed by atoms with E-state index in [9.17, 15) is 4.79 Å². The van der Waals surface area contributed by atoms with Crippen LogP contribution < -0.4 is 4.90 Å². The van der Waals surface area contributed by atoms with Crippen LogP contribution in [0.4, 0.5) is 5.69 Å². The summed E-state index contributed by atoms with van der Waals surface area (Å²) in [5.74, 6) is -0.983. The molecule has 1 saturated heterocycles. The molecule has 0 aliphatic carbocycles. The van der Waals surface area contributed by atoms with Crippen LogP contribution in [-0.4, -0.2) is 36.9 Å². The number of rotatable bonds is 3. The van der Waals surface area contributed by atoms with E-state index in [4.69, 9.17) is 21.4 Å². The summed E-state index contributed by atoms with van der Waals surface area (Å²) in [6.45, 7) is 4.43. The summed E-state index contributed by atoms with van der Waals surface area (Å²) < 4.78 is 5.64. The quantitative estimate of drug-likeness (QED) is 0.871. The molecule has 0 aromatic heterocycles. The highest BCUT2D eigenvalue weighted by atomic mass is 35.5. The number of carboxylic acid groups (broad SMARTS) is 1. The van der Waals surface area contributed by atoms with Crippen LogP contribution in [0.25, 0.3) is 6.08 Å². The molecule has 1 fully saturated rings. The van der Waals surface area contributed by atoms with Crippen molar-refractivity contribution in [3.8, 4) is 0 Å². The molecule has 1 N–H and O–H groups in total. The first-order valence-corrected chi connectivity index (χ1v) is 7.02. The third kappa shape index (κ3) is 3.74. The fourth-order valence-corrected chi connectivity index (χ4v) is 2.57. The molecule has 1 heterocycles. The number of benzene rings is 1. The largest absolute Gasteiger partial charge is 0.478 e. The lowest BCUT2D eigenvalue weighted by atomic mass is 10.1. The van der Waals surface area contributed by atoms with Crippen molar-refractivity contribution in [1.82, 2.24) is 0 Å². The summed E-state index contributed by atoms with van der Waals surface area (Å²) >= 11 is 6.21. The minimum absolute atomic E-state index is 0.146. The maximum absolute atomic E-state index is 10.7. The first kappa shape index (κ1) is 14.9. The average molecular weight is 296 g/mol. The van der Waals surface area contributed by atoms with E-state index in [2.05, 4.69) is 4.90 Å². The number of hydrogen-bond donors (Lipinski definition) is 1. The molecule has 1 aliphatic heterocycles. The highest BCUT2D eigenvalue weighted by molar-refractivity contribution is 6.32. The first-order chi connectivity index (χ1) is 9.58. The van der Waals surface area contributed by atoms with Crippen molar-refractivity contribution in [2.45, 2.75) is 19.4 Å².